The van der Waals surface area contributed by atoms with Crippen molar-refractivity contribution >= 4 is 11.7 Å². The van der Waals surface area contributed by atoms with Crippen LogP contribution in [0, 0.1) is 0 Å². The van der Waals surface area contributed by atoms with Crippen LogP contribution >= 0.6 is 0 Å². The molecule has 3 nitrogen and oxygen atoms in total. The standard InChI is InChI=1S/C4H4F3NO2/c1-8-3(10)2(9)4(5,6)7/h1H3,(H,8,10). The number of amides is 1. The van der Waals surface area contributed by atoms with Gasteiger partial charge in [-0.2, -0.15) is 13.2 Å². The zero-order valence-corrected chi connectivity index (χ0v) is 4.95. The van der Waals surface area contributed by atoms with E-state index in [9.17, 15) is 22.8 Å². The Morgan fingerprint density at radius 1 is 1.30 bits per heavy atom. The fourth-order valence-electron chi connectivity index (χ4n) is 0.242. The molecule has 0 fully saturated rings. The van der Waals surface area contributed by atoms with Gasteiger partial charge in [-0.3, -0.25) is 9.59 Å². The zero-order valence-electron chi connectivity index (χ0n) is 4.95. The van der Waals surface area contributed by atoms with Crippen molar-refractivity contribution in [2.45, 2.75) is 6.18 Å². The van der Waals surface area contributed by atoms with Crippen LogP contribution in [0.5, 0.6) is 0 Å². The van der Waals surface area contributed by atoms with E-state index < -0.39 is 17.9 Å². The summed E-state index contributed by atoms with van der Waals surface area (Å²) in [4.78, 5) is 19.8. The number of halogens is 3. The van der Waals surface area contributed by atoms with E-state index in [4.69, 9.17) is 0 Å². The third-order valence-corrected chi connectivity index (χ3v) is 0.691. The Bertz CT molecular complexity index is 162. The van der Waals surface area contributed by atoms with Gasteiger partial charge in [0.25, 0.3) is 5.91 Å². The molecule has 0 aromatic heterocycles. The smallest absolute Gasteiger partial charge is 0.352 e. The lowest BCUT2D eigenvalue weighted by atomic mass is 10.4. The van der Waals surface area contributed by atoms with Crippen molar-refractivity contribution in [2.75, 3.05) is 7.05 Å². The van der Waals surface area contributed by atoms with Crippen LogP contribution in [0.1, 0.15) is 0 Å². The number of nitrogens with one attached hydrogen (secondary N) is 1. The van der Waals surface area contributed by atoms with E-state index in [0.29, 0.717) is 0 Å². The summed E-state index contributed by atoms with van der Waals surface area (Å²) in [5.41, 5.74) is 0. The van der Waals surface area contributed by atoms with Gasteiger partial charge in [-0.15, -0.1) is 0 Å². The Labute approximate surface area is 54.2 Å². The van der Waals surface area contributed by atoms with Crippen molar-refractivity contribution in [3.8, 4) is 0 Å². The zero-order chi connectivity index (χ0) is 8.36. The Kier molecular flexibility index (Phi) is 2.39. The summed E-state index contributed by atoms with van der Waals surface area (Å²) in [6.45, 7) is 0. The predicted octanol–water partition coefficient (Wildman–Crippen LogP) is -0.136. The summed E-state index contributed by atoms with van der Waals surface area (Å²) in [7, 11) is 0.950. The van der Waals surface area contributed by atoms with Crippen LogP contribution in [0.4, 0.5) is 13.2 Å². The van der Waals surface area contributed by atoms with Gasteiger partial charge in [0.15, 0.2) is 0 Å². The van der Waals surface area contributed by atoms with Crippen molar-refractivity contribution < 1.29 is 22.8 Å². The SMILES string of the molecule is CNC(=O)C(=O)C(F)(F)F. The van der Waals surface area contributed by atoms with Crippen LogP contribution in [0.3, 0.4) is 0 Å². The second kappa shape index (κ2) is 2.68. The molecular weight excluding hydrogens is 151 g/mol. The molecule has 0 rings (SSSR count). The highest BCUT2D eigenvalue weighted by Crippen LogP contribution is 2.15. The van der Waals surface area contributed by atoms with E-state index >= 15 is 0 Å². The van der Waals surface area contributed by atoms with Crippen molar-refractivity contribution in [2.24, 2.45) is 0 Å². The van der Waals surface area contributed by atoms with Crippen LogP contribution in [0.25, 0.3) is 0 Å². The first-order chi connectivity index (χ1) is 4.39. The average Bonchev–Trinajstić information content (AvgIpc) is 1.83. The molecule has 0 spiro atoms. The van der Waals surface area contributed by atoms with Gasteiger partial charge in [0.2, 0.25) is 0 Å². The number of carbonyl (C=O) groups is 2. The van der Waals surface area contributed by atoms with Crippen LogP contribution in [-0.2, 0) is 9.59 Å². The van der Waals surface area contributed by atoms with Crippen LogP contribution < -0.4 is 5.32 Å². The van der Waals surface area contributed by atoms with Crippen molar-refractivity contribution in [1.29, 1.82) is 0 Å². The summed E-state index contributed by atoms with van der Waals surface area (Å²) in [5.74, 6) is -4.03. The summed E-state index contributed by atoms with van der Waals surface area (Å²) in [5, 5.41) is 1.56. The summed E-state index contributed by atoms with van der Waals surface area (Å²) in [6, 6.07) is 0. The molecule has 0 radical (unpaired) electrons. The lowest BCUT2D eigenvalue weighted by Crippen LogP contribution is -2.37. The monoisotopic (exact) mass is 155 g/mol. The molecule has 1 N–H and O–H groups in total. The number of hydrogen-bond acceptors (Lipinski definition) is 2. The maximum Gasteiger partial charge on any atom is 0.460 e. The molecule has 58 valence electrons. The minimum absolute atomic E-state index is 0.950. The highest BCUT2D eigenvalue weighted by molar-refractivity contribution is 6.38. The van der Waals surface area contributed by atoms with Crippen molar-refractivity contribution in [1.82, 2.24) is 5.32 Å². The minimum atomic E-state index is -5.07. The molecular formula is C4H4F3NO2. The fraction of sp³-hybridized carbons (Fsp3) is 0.500. The molecule has 0 aliphatic heterocycles. The topological polar surface area (TPSA) is 46.2 Å². The molecule has 0 heterocycles. The van der Waals surface area contributed by atoms with E-state index in [2.05, 4.69) is 0 Å². The lowest BCUT2D eigenvalue weighted by molar-refractivity contribution is -0.175. The second-order valence-corrected chi connectivity index (χ2v) is 1.41. The first-order valence-corrected chi connectivity index (χ1v) is 2.23. The number of Topliss-reactive ketones (excluding diaryl/α,β-unsaturated/α-hetero) is 1. The highest BCUT2D eigenvalue weighted by Gasteiger charge is 2.42. The fourth-order valence-corrected chi connectivity index (χ4v) is 0.242. The van der Waals surface area contributed by atoms with Gasteiger partial charge < -0.3 is 5.32 Å². The van der Waals surface area contributed by atoms with E-state index in [1.807, 2.05) is 0 Å². The molecule has 0 aliphatic carbocycles. The number of rotatable bonds is 1. The highest BCUT2D eigenvalue weighted by atomic mass is 19.4. The molecule has 0 unspecified atom stereocenters. The number of alkyl halides is 3. The maximum absolute atomic E-state index is 11.3. The second-order valence-electron chi connectivity index (χ2n) is 1.41. The molecule has 10 heavy (non-hydrogen) atoms. The van der Waals surface area contributed by atoms with Gasteiger partial charge in [0.1, 0.15) is 0 Å². The van der Waals surface area contributed by atoms with Crippen molar-refractivity contribution in [3.05, 3.63) is 0 Å². The number of carbonyl (C=O) groups excluding carboxylic acids is 2. The van der Waals surface area contributed by atoms with Gasteiger partial charge in [-0.05, 0) is 0 Å². The lowest BCUT2D eigenvalue weighted by Gasteiger charge is -2.01. The number of hydrogen-bond donors (Lipinski definition) is 1. The predicted molar refractivity (Wildman–Crippen MR) is 25.1 cm³/mol. The maximum atomic E-state index is 11.3. The molecule has 0 saturated carbocycles. The molecule has 0 aromatic rings. The average molecular weight is 155 g/mol. The number of likely N-dealkylation sites (N-methyl/N-ethyl adjacent to an activating group) is 1. The van der Waals surface area contributed by atoms with Gasteiger partial charge in [-0.25, -0.2) is 0 Å². The largest absolute Gasteiger partial charge is 0.460 e. The van der Waals surface area contributed by atoms with E-state index in [1.165, 1.54) is 0 Å². The quantitative estimate of drug-likeness (QED) is 0.536. The van der Waals surface area contributed by atoms with Gasteiger partial charge in [0, 0.05) is 7.05 Å². The first kappa shape index (κ1) is 8.93. The van der Waals surface area contributed by atoms with E-state index in [1.54, 1.807) is 5.32 Å². The molecule has 0 bridgehead atoms. The third-order valence-electron chi connectivity index (χ3n) is 0.691. The third kappa shape index (κ3) is 2.04. The van der Waals surface area contributed by atoms with Crippen LogP contribution in [0.15, 0.2) is 0 Å². The summed E-state index contributed by atoms with van der Waals surface area (Å²) in [6.07, 6.45) is -5.07. The Morgan fingerprint density at radius 3 is 1.80 bits per heavy atom. The van der Waals surface area contributed by atoms with E-state index in [-0.39, 0.29) is 0 Å². The molecule has 1 amide bonds. The van der Waals surface area contributed by atoms with Gasteiger partial charge in [0.05, 0.1) is 0 Å². The number of ketones is 1. The minimum Gasteiger partial charge on any atom is -0.352 e. The van der Waals surface area contributed by atoms with Crippen LogP contribution in [0.2, 0.25) is 0 Å². The van der Waals surface area contributed by atoms with Gasteiger partial charge in [-0.1, -0.05) is 0 Å². The Balaban J connectivity index is 4.24. The molecule has 6 heteroatoms. The van der Waals surface area contributed by atoms with Gasteiger partial charge >= 0.3 is 12.0 Å². The first-order valence-electron chi connectivity index (χ1n) is 2.23. The molecule has 0 aliphatic rings. The Morgan fingerprint density at radius 2 is 1.70 bits per heavy atom. The molecule has 0 aromatic carbocycles. The van der Waals surface area contributed by atoms with Crippen LogP contribution in [-0.4, -0.2) is 24.9 Å². The summed E-state index contributed by atoms with van der Waals surface area (Å²) < 4.78 is 33.8. The molecule has 0 atom stereocenters. The Hall–Kier alpha value is -1.07. The normalized spacial score (nSPS) is 10.8. The molecule has 0 saturated heterocycles. The summed E-state index contributed by atoms with van der Waals surface area (Å²) >= 11 is 0. The van der Waals surface area contributed by atoms with Crippen molar-refractivity contribution in [3.63, 3.8) is 0 Å². The van der Waals surface area contributed by atoms with E-state index in [0.717, 1.165) is 7.05 Å².